The van der Waals surface area contributed by atoms with Crippen LogP contribution in [0.25, 0.3) is 11.1 Å². The first-order valence-electron chi connectivity index (χ1n) is 7.63. The first-order valence-corrected chi connectivity index (χ1v) is 10.00. The van der Waals surface area contributed by atoms with Gasteiger partial charge in [0.05, 0.1) is 0 Å². The van der Waals surface area contributed by atoms with Crippen LogP contribution < -0.4 is 4.72 Å². The highest BCUT2D eigenvalue weighted by Gasteiger charge is 2.39. The number of thiophene rings is 1. The van der Waals surface area contributed by atoms with Crippen molar-refractivity contribution in [2.45, 2.75) is 23.5 Å². The van der Waals surface area contributed by atoms with E-state index >= 15 is 0 Å². The Morgan fingerprint density at radius 1 is 1.27 bits per heavy atom. The average molecular weight is 401 g/mol. The molecule has 1 saturated heterocycles. The van der Waals surface area contributed by atoms with Crippen molar-refractivity contribution in [3.63, 3.8) is 0 Å². The molecule has 138 valence electrons. The minimum Gasteiger partial charge on any atom is -0.309 e. The number of sulfonamides is 1. The van der Waals surface area contributed by atoms with Crippen LogP contribution in [0, 0.1) is 11.5 Å². The lowest BCUT2D eigenvalue weighted by molar-refractivity contribution is -0.133. The summed E-state index contributed by atoms with van der Waals surface area (Å²) in [7, 11) is -4.17. The van der Waals surface area contributed by atoms with Crippen LogP contribution >= 0.6 is 11.3 Å². The van der Waals surface area contributed by atoms with E-state index in [4.69, 9.17) is 5.26 Å². The normalized spacial score (nSPS) is 18.1. The van der Waals surface area contributed by atoms with Crippen molar-refractivity contribution in [2.24, 2.45) is 0 Å². The molecule has 0 bridgehead atoms. The van der Waals surface area contributed by atoms with Crippen LogP contribution in [-0.4, -0.2) is 32.4 Å². The summed E-state index contributed by atoms with van der Waals surface area (Å²) < 4.78 is 68.1. The van der Waals surface area contributed by atoms with Gasteiger partial charge in [0.25, 0.3) is 0 Å². The fourth-order valence-corrected chi connectivity index (χ4v) is 5.64. The average Bonchev–Trinajstić information content (AvgIpc) is 3.21. The van der Waals surface area contributed by atoms with Gasteiger partial charge >= 0.3 is 6.18 Å². The van der Waals surface area contributed by atoms with E-state index in [0.29, 0.717) is 24.3 Å². The maximum Gasteiger partial charge on any atom is 0.426 e. The molecule has 0 radical (unpaired) electrons. The largest absolute Gasteiger partial charge is 0.426 e. The van der Waals surface area contributed by atoms with Gasteiger partial charge in [-0.2, -0.15) is 18.4 Å². The third kappa shape index (κ3) is 3.70. The molecule has 0 aliphatic carbocycles. The van der Waals surface area contributed by atoms with Gasteiger partial charge in [0.2, 0.25) is 10.0 Å². The van der Waals surface area contributed by atoms with Crippen molar-refractivity contribution < 1.29 is 21.6 Å². The summed E-state index contributed by atoms with van der Waals surface area (Å²) in [6.45, 7) is 0.610. The first kappa shape index (κ1) is 18.7. The molecule has 1 unspecified atom stereocenters. The standard InChI is InChI=1S/C16H14F3N3O2S2/c17-16(18,19)15-14(11-4-2-1-3-5-11)13(9-25-15)26(23,24)21-12-6-7-22(8-12)10-20/h1-5,9,12,21H,6-8H2. The SMILES string of the molecule is N#CN1CCC(NS(=O)(=O)c2csc(C(F)(F)F)c2-c2ccccc2)C1. The molecule has 1 aromatic carbocycles. The number of likely N-dealkylation sites (tertiary alicyclic amines) is 1. The van der Waals surface area contributed by atoms with Crippen LogP contribution in [0.3, 0.4) is 0 Å². The highest BCUT2D eigenvalue weighted by molar-refractivity contribution is 7.89. The molecule has 0 saturated carbocycles. The molecule has 0 spiro atoms. The summed E-state index contributed by atoms with van der Waals surface area (Å²) in [4.78, 5) is 0.0608. The van der Waals surface area contributed by atoms with Gasteiger partial charge in [-0.15, -0.1) is 11.3 Å². The molecule has 26 heavy (non-hydrogen) atoms. The fraction of sp³-hybridized carbons (Fsp3) is 0.312. The third-order valence-corrected chi connectivity index (χ3v) is 6.74. The summed E-state index contributed by atoms with van der Waals surface area (Å²) in [5.41, 5.74) is -0.155. The molecular formula is C16H14F3N3O2S2. The zero-order valence-corrected chi connectivity index (χ0v) is 15.0. The smallest absolute Gasteiger partial charge is 0.309 e. The molecule has 3 rings (SSSR count). The molecule has 0 amide bonds. The molecular weight excluding hydrogens is 387 g/mol. The van der Waals surface area contributed by atoms with Crippen LogP contribution in [-0.2, 0) is 16.2 Å². The van der Waals surface area contributed by atoms with Crippen molar-refractivity contribution in [2.75, 3.05) is 13.1 Å². The van der Waals surface area contributed by atoms with Crippen LogP contribution in [0.5, 0.6) is 0 Å². The second-order valence-electron chi connectivity index (χ2n) is 5.82. The number of benzene rings is 1. The van der Waals surface area contributed by atoms with E-state index < -0.39 is 32.0 Å². The summed E-state index contributed by atoms with van der Waals surface area (Å²) in [5, 5.41) is 9.88. The monoisotopic (exact) mass is 401 g/mol. The van der Waals surface area contributed by atoms with E-state index in [2.05, 4.69) is 4.72 Å². The van der Waals surface area contributed by atoms with Gasteiger partial charge in [0.1, 0.15) is 9.77 Å². The lowest BCUT2D eigenvalue weighted by atomic mass is 10.1. The first-order chi connectivity index (χ1) is 12.2. The Hall–Kier alpha value is -2.09. The number of hydrogen-bond donors (Lipinski definition) is 1. The number of hydrogen-bond acceptors (Lipinski definition) is 5. The maximum atomic E-state index is 13.4. The summed E-state index contributed by atoms with van der Waals surface area (Å²) in [6, 6.07) is 7.13. The summed E-state index contributed by atoms with van der Waals surface area (Å²) >= 11 is 0.361. The van der Waals surface area contributed by atoms with E-state index in [1.54, 1.807) is 18.2 Å². The Kier molecular flexibility index (Phi) is 4.96. The molecule has 1 aromatic heterocycles. The minimum absolute atomic E-state index is 0.187. The van der Waals surface area contributed by atoms with Crippen LogP contribution in [0.15, 0.2) is 40.6 Å². The van der Waals surface area contributed by atoms with Crippen molar-refractivity contribution in [1.29, 1.82) is 5.26 Å². The predicted octanol–water partition coefficient (Wildman–Crippen LogP) is 3.27. The van der Waals surface area contributed by atoms with Crippen molar-refractivity contribution in [3.05, 3.63) is 40.6 Å². The maximum absolute atomic E-state index is 13.4. The lowest BCUT2D eigenvalue weighted by Gasteiger charge is -2.15. The minimum atomic E-state index is -4.66. The molecule has 1 aliphatic heterocycles. The summed E-state index contributed by atoms with van der Waals surface area (Å²) in [6.07, 6.45) is -2.31. The zero-order valence-electron chi connectivity index (χ0n) is 13.3. The van der Waals surface area contributed by atoms with Crippen LogP contribution in [0.2, 0.25) is 0 Å². The fourth-order valence-electron chi connectivity index (χ4n) is 2.86. The van der Waals surface area contributed by atoms with Crippen LogP contribution in [0.4, 0.5) is 13.2 Å². The Morgan fingerprint density at radius 2 is 1.96 bits per heavy atom. The number of halogens is 3. The van der Waals surface area contributed by atoms with Gasteiger partial charge in [0.15, 0.2) is 6.19 Å². The number of nitrogens with one attached hydrogen (secondary N) is 1. The molecule has 2 heterocycles. The second kappa shape index (κ2) is 6.90. The van der Waals surface area contributed by atoms with E-state index in [1.807, 2.05) is 6.19 Å². The number of alkyl halides is 3. The van der Waals surface area contributed by atoms with Gasteiger partial charge in [-0.1, -0.05) is 30.3 Å². The Balaban J connectivity index is 2.02. The Morgan fingerprint density at radius 3 is 2.54 bits per heavy atom. The lowest BCUT2D eigenvalue weighted by Crippen LogP contribution is -2.36. The van der Waals surface area contributed by atoms with Gasteiger partial charge in [-0.3, -0.25) is 0 Å². The Labute approximate surface area is 152 Å². The zero-order chi connectivity index (χ0) is 18.9. The van der Waals surface area contributed by atoms with Gasteiger partial charge in [0, 0.05) is 30.1 Å². The molecule has 1 atom stereocenters. The molecule has 1 fully saturated rings. The topological polar surface area (TPSA) is 73.2 Å². The molecule has 2 aromatic rings. The Bertz CT molecular complexity index is 934. The highest BCUT2D eigenvalue weighted by atomic mass is 32.2. The summed E-state index contributed by atoms with van der Waals surface area (Å²) in [5.74, 6) is 0. The molecule has 5 nitrogen and oxygen atoms in total. The van der Waals surface area contributed by atoms with Crippen molar-refractivity contribution in [1.82, 2.24) is 9.62 Å². The molecule has 1 N–H and O–H groups in total. The second-order valence-corrected chi connectivity index (χ2v) is 8.38. The predicted molar refractivity (Wildman–Crippen MR) is 90.7 cm³/mol. The van der Waals surface area contributed by atoms with Crippen molar-refractivity contribution in [3.8, 4) is 17.3 Å². The van der Waals surface area contributed by atoms with Crippen LogP contribution in [0.1, 0.15) is 11.3 Å². The van der Waals surface area contributed by atoms with Gasteiger partial charge in [-0.05, 0) is 12.0 Å². The van der Waals surface area contributed by atoms with Crippen molar-refractivity contribution >= 4 is 21.4 Å². The number of nitrogens with zero attached hydrogens (tertiary/aromatic N) is 2. The molecule has 10 heteroatoms. The highest BCUT2D eigenvalue weighted by Crippen LogP contribution is 2.44. The van der Waals surface area contributed by atoms with Gasteiger partial charge in [-0.25, -0.2) is 13.1 Å². The van der Waals surface area contributed by atoms with E-state index in [1.165, 1.54) is 17.0 Å². The quantitative estimate of drug-likeness (QED) is 0.798. The molecule has 1 aliphatic rings. The third-order valence-electron chi connectivity index (χ3n) is 4.02. The van der Waals surface area contributed by atoms with Gasteiger partial charge < -0.3 is 4.90 Å². The van der Waals surface area contributed by atoms with E-state index in [0.717, 1.165) is 5.38 Å². The number of nitriles is 1. The number of rotatable bonds is 4. The van der Waals surface area contributed by atoms with E-state index in [9.17, 15) is 21.6 Å². The van der Waals surface area contributed by atoms with E-state index in [-0.39, 0.29) is 17.7 Å².